The molecule has 0 aromatic heterocycles. The lowest BCUT2D eigenvalue weighted by molar-refractivity contribution is -0.385. The fraction of sp³-hybridized carbons (Fsp3) is 0.222. The number of hydrogen-bond acceptors (Lipinski definition) is 5. The van der Waals surface area contributed by atoms with Gasteiger partial charge in [-0.2, -0.15) is 0 Å². The highest BCUT2D eigenvalue weighted by Gasteiger charge is 2.24. The van der Waals surface area contributed by atoms with E-state index in [2.05, 4.69) is 5.32 Å². The highest BCUT2D eigenvalue weighted by molar-refractivity contribution is 8.13. The number of carbonyl (C=O) groups is 1. The molecule has 0 atom stereocenters. The minimum Gasteiger partial charge on any atom is -0.355 e. The summed E-state index contributed by atoms with van der Waals surface area (Å²) in [6.07, 6.45) is 0. The molecule has 98 valence electrons. The van der Waals surface area contributed by atoms with Crippen LogP contribution in [0.2, 0.25) is 0 Å². The van der Waals surface area contributed by atoms with E-state index >= 15 is 0 Å². The third-order valence-corrected chi connectivity index (χ3v) is 3.73. The maximum atomic E-state index is 11.4. The molecule has 1 aromatic carbocycles. The van der Waals surface area contributed by atoms with Crippen LogP contribution in [0.4, 0.5) is 5.69 Å². The largest absolute Gasteiger partial charge is 0.355 e. The Morgan fingerprint density at radius 2 is 2.00 bits per heavy atom. The SMILES string of the molecule is CNC(=O)c1cc([N+](=O)[O-])c(C)c(S(=O)(=O)Cl)c1. The van der Waals surface area contributed by atoms with E-state index in [1.807, 2.05) is 0 Å². The van der Waals surface area contributed by atoms with E-state index < -0.39 is 30.5 Å². The average molecular weight is 293 g/mol. The van der Waals surface area contributed by atoms with Gasteiger partial charge < -0.3 is 5.32 Å². The van der Waals surface area contributed by atoms with Crippen molar-refractivity contribution in [1.82, 2.24) is 5.32 Å². The minimum atomic E-state index is -4.17. The molecule has 0 saturated carbocycles. The van der Waals surface area contributed by atoms with Gasteiger partial charge in [-0.1, -0.05) is 0 Å². The first-order chi connectivity index (χ1) is 8.18. The van der Waals surface area contributed by atoms with Crippen LogP contribution in [0.5, 0.6) is 0 Å². The molecule has 0 spiro atoms. The summed E-state index contributed by atoms with van der Waals surface area (Å²) >= 11 is 0. The maximum Gasteiger partial charge on any atom is 0.274 e. The van der Waals surface area contributed by atoms with Gasteiger partial charge in [-0.3, -0.25) is 14.9 Å². The molecular weight excluding hydrogens is 284 g/mol. The van der Waals surface area contributed by atoms with Crippen molar-refractivity contribution < 1.29 is 18.1 Å². The quantitative estimate of drug-likeness (QED) is 0.511. The molecule has 0 aliphatic carbocycles. The molecule has 0 heterocycles. The van der Waals surface area contributed by atoms with Crippen LogP contribution in [0.3, 0.4) is 0 Å². The number of nitro groups is 1. The maximum absolute atomic E-state index is 11.4. The Bertz CT molecular complexity index is 626. The second kappa shape index (κ2) is 4.91. The Morgan fingerprint density at radius 3 is 2.39 bits per heavy atom. The summed E-state index contributed by atoms with van der Waals surface area (Å²) < 4.78 is 22.6. The lowest BCUT2D eigenvalue weighted by atomic mass is 10.1. The Morgan fingerprint density at radius 1 is 1.44 bits per heavy atom. The van der Waals surface area contributed by atoms with Gasteiger partial charge in [0.15, 0.2) is 0 Å². The number of benzene rings is 1. The number of halogens is 1. The molecular formula is C9H9ClN2O5S. The summed E-state index contributed by atoms with van der Waals surface area (Å²) in [4.78, 5) is 21.0. The molecule has 0 fully saturated rings. The van der Waals surface area contributed by atoms with Gasteiger partial charge in [-0.05, 0) is 13.0 Å². The molecule has 1 N–H and O–H groups in total. The number of carbonyl (C=O) groups excluding carboxylic acids is 1. The van der Waals surface area contributed by atoms with Crippen LogP contribution < -0.4 is 5.32 Å². The molecule has 0 bridgehead atoms. The van der Waals surface area contributed by atoms with Gasteiger partial charge in [-0.15, -0.1) is 0 Å². The summed E-state index contributed by atoms with van der Waals surface area (Å²) in [7, 11) is 2.33. The number of amides is 1. The molecule has 9 heteroatoms. The zero-order valence-electron chi connectivity index (χ0n) is 9.43. The Balaban J connectivity index is 3.68. The van der Waals surface area contributed by atoms with E-state index in [0.29, 0.717) is 0 Å². The summed E-state index contributed by atoms with van der Waals surface area (Å²) in [5.41, 5.74) is -0.730. The Hall–Kier alpha value is -1.67. The van der Waals surface area contributed by atoms with E-state index in [9.17, 15) is 23.3 Å². The highest BCUT2D eigenvalue weighted by Crippen LogP contribution is 2.29. The number of rotatable bonds is 3. The van der Waals surface area contributed by atoms with Crippen LogP contribution in [0.1, 0.15) is 15.9 Å². The topological polar surface area (TPSA) is 106 Å². The molecule has 0 aliphatic rings. The molecule has 0 unspecified atom stereocenters. The highest BCUT2D eigenvalue weighted by atomic mass is 35.7. The summed E-state index contributed by atoms with van der Waals surface area (Å²) in [6.45, 7) is 1.25. The first-order valence-corrected chi connectivity index (χ1v) is 6.95. The molecule has 0 saturated heterocycles. The second-order valence-electron chi connectivity index (χ2n) is 3.39. The van der Waals surface area contributed by atoms with Gasteiger partial charge in [0.2, 0.25) is 0 Å². The monoisotopic (exact) mass is 292 g/mol. The van der Waals surface area contributed by atoms with Gasteiger partial charge in [0.1, 0.15) is 0 Å². The van der Waals surface area contributed by atoms with Crippen LogP contribution in [-0.4, -0.2) is 26.3 Å². The van der Waals surface area contributed by atoms with Crippen LogP contribution in [0.15, 0.2) is 17.0 Å². The van der Waals surface area contributed by atoms with Crippen molar-refractivity contribution >= 4 is 31.3 Å². The number of nitrogens with zero attached hydrogens (tertiary/aromatic N) is 1. The van der Waals surface area contributed by atoms with Crippen molar-refractivity contribution in [3.05, 3.63) is 33.4 Å². The standard InChI is InChI=1S/C9H9ClN2O5S/c1-5-7(12(14)15)3-6(9(13)11-2)4-8(5)18(10,16)17/h3-4H,1-2H3,(H,11,13). The first-order valence-electron chi connectivity index (χ1n) is 4.64. The van der Waals surface area contributed by atoms with E-state index in [1.165, 1.54) is 14.0 Å². The predicted molar refractivity (Wildman–Crippen MR) is 64.3 cm³/mol. The van der Waals surface area contributed by atoms with Gasteiger partial charge in [0.05, 0.1) is 9.82 Å². The van der Waals surface area contributed by atoms with Crippen molar-refractivity contribution in [3.8, 4) is 0 Å². The van der Waals surface area contributed by atoms with Crippen molar-refractivity contribution in [2.75, 3.05) is 7.05 Å². The Kier molecular flexibility index (Phi) is 3.92. The molecule has 18 heavy (non-hydrogen) atoms. The van der Waals surface area contributed by atoms with Crippen molar-refractivity contribution in [2.45, 2.75) is 11.8 Å². The number of nitrogens with one attached hydrogen (secondary N) is 1. The lowest BCUT2D eigenvalue weighted by Gasteiger charge is -2.06. The molecule has 0 aliphatic heterocycles. The van der Waals surface area contributed by atoms with Crippen molar-refractivity contribution in [1.29, 1.82) is 0 Å². The minimum absolute atomic E-state index is 0.109. The molecule has 1 amide bonds. The lowest BCUT2D eigenvalue weighted by Crippen LogP contribution is -2.18. The summed E-state index contributed by atoms with van der Waals surface area (Å²) in [5, 5.41) is 13.0. The van der Waals surface area contributed by atoms with Crippen molar-refractivity contribution in [3.63, 3.8) is 0 Å². The van der Waals surface area contributed by atoms with Crippen LogP contribution in [0, 0.1) is 17.0 Å². The van der Waals surface area contributed by atoms with Crippen LogP contribution >= 0.6 is 10.7 Å². The van der Waals surface area contributed by atoms with Crippen LogP contribution in [0.25, 0.3) is 0 Å². The predicted octanol–water partition coefficient (Wildman–Crippen LogP) is 1.19. The van der Waals surface area contributed by atoms with E-state index in [0.717, 1.165) is 12.1 Å². The molecule has 0 radical (unpaired) electrons. The molecule has 1 aromatic rings. The van der Waals surface area contributed by atoms with E-state index in [1.54, 1.807) is 0 Å². The van der Waals surface area contributed by atoms with Gasteiger partial charge in [0.25, 0.3) is 20.6 Å². The number of nitro benzene ring substituents is 1. The third-order valence-electron chi connectivity index (χ3n) is 2.28. The zero-order chi connectivity index (χ0) is 14.1. The van der Waals surface area contributed by atoms with Gasteiger partial charge >= 0.3 is 0 Å². The number of hydrogen-bond donors (Lipinski definition) is 1. The van der Waals surface area contributed by atoms with Crippen molar-refractivity contribution in [2.24, 2.45) is 0 Å². The fourth-order valence-corrected chi connectivity index (χ4v) is 2.61. The van der Waals surface area contributed by atoms with E-state index in [-0.39, 0.29) is 11.1 Å². The summed E-state index contributed by atoms with van der Waals surface area (Å²) in [5.74, 6) is -0.639. The van der Waals surface area contributed by atoms with Gasteiger partial charge in [-0.25, -0.2) is 8.42 Å². The smallest absolute Gasteiger partial charge is 0.274 e. The molecule has 7 nitrogen and oxygen atoms in total. The molecule has 1 rings (SSSR count). The third kappa shape index (κ3) is 2.77. The normalized spacial score (nSPS) is 11.1. The Labute approximate surface area is 107 Å². The second-order valence-corrected chi connectivity index (χ2v) is 5.93. The first kappa shape index (κ1) is 14.4. The zero-order valence-corrected chi connectivity index (χ0v) is 11.0. The fourth-order valence-electron chi connectivity index (χ4n) is 1.39. The average Bonchev–Trinajstić information content (AvgIpc) is 2.26. The van der Waals surface area contributed by atoms with Gasteiger partial charge in [0, 0.05) is 34.9 Å². The summed E-state index contributed by atoms with van der Waals surface area (Å²) in [6, 6.07) is 2.00. The van der Waals surface area contributed by atoms with Crippen LogP contribution in [-0.2, 0) is 9.05 Å². The van der Waals surface area contributed by atoms with E-state index in [4.69, 9.17) is 10.7 Å².